The van der Waals surface area contributed by atoms with Crippen LogP contribution in [0.4, 0.5) is 13.2 Å². The fourth-order valence-corrected chi connectivity index (χ4v) is 3.25. The van der Waals surface area contributed by atoms with Crippen molar-refractivity contribution in [2.75, 3.05) is 33.2 Å². The average Bonchev–Trinajstić information content (AvgIpc) is 2.63. The van der Waals surface area contributed by atoms with Gasteiger partial charge in [0, 0.05) is 25.7 Å². The van der Waals surface area contributed by atoms with E-state index < -0.39 is 6.36 Å². The summed E-state index contributed by atoms with van der Waals surface area (Å²) in [7, 11) is 1.65. The molecule has 152 valence electrons. The number of nitrogens with one attached hydrogen (secondary N) is 2. The van der Waals surface area contributed by atoms with Crippen LogP contribution in [0.2, 0.25) is 0 Å². The Morgan fingerprint density at radius 2 is 1.93 bits per heavy atom. The van der Waals surface area contributed by atoms with Gasteiger partial charge in [-0.25, -0.2) is 0 Å². The molecular formula is C19H29F3N4O. The lowest BCUT2D eigenvalue weighted by Crippen LogP contribution is -2.42. The topological polar surface area (TPSA) is 48.9 Å². The second-order valence-corrected chi connectivity index (χ2v) is 6.75. The Hall–Kier alpha value is -1.96. The van der Waals surface area contributed by atoms with Gasteiger partial charge < -0.3 is 20.3 Å². The zero-order chi connectivity index (χ0) is 19.7. The molecule has 1 aliphatic heterocycles. The van der Waals surface area contributed by atoms with Gasteiger partial charge in [0.15, 0.2) is 5.96 Å². The van der Waals surface area contributed by atoms with Crippen molar-refractivity contribution in [1.29, 1.82) is 0 Å². The predicted octanol–water partition coefficient (Wildman–Crippen LogP) is 3.37. The average molecular weight is 386 g/mol. The summed E-state index contributed by atoms with van der Waals surface area (Å²) in [6, 6.07) is 6.11. The monoisotopic (exact) mass is 386 g/mol. The quantitative estimate of drug-likeness (QED) is 0.557. The molecular weight excluding hydrogens is 357 g/mol. The van der Waals surface area contributed by atoms with E-state index in [9.17, 15) is 13.2 Å². The van der Waals surface area contributed by atoms with E-state index in [1.165, 1.54) is 18.6 Å². The maximum Gasteiger partial charge on any atom is 0.573 e. The number of halogens is 3. The summed E-state index contributed by atoms with van der Waals surface area (Å²) < 4.78 is 41.6. The number of hydrogen-bond acceptors (Lipinski definition) is 3. The third-order valence-electron chi connectivity index (χ3n) is 4.67. The highest BCUT2D eigenvalue weighted by Gasteiger charge is 2.32. The van der Waals surface area contributed by atoms with Crippen molar-refractivity contribution in [3.05, 3.63) is 29.8 Å². The van der Waals surface area contributed by atoms with Gasteiger partial charge in [0.2, 0.25) is 0 Å². The third kappa shape index (κ3) is 7.66. The number of piperidine rings is 1. The molecule has 1 fully saturated rings. The van der Waals surface area contributed by atoms with E-state index in [1.807, 2.05) is 0 Å². The van der Waals surface area contributed by atoms with Crippen LogP contribution in [0.5, 0.6) is 5.75 Å². The summed E-state index contributed by atoms with van der Waals surface area (Å²) in [6.07, 6.45) is -1.24. The molecule has 1 heterocycles. The number of ether oxygens (including phenoxy) is 1. The fraction of sp³-hybridized carbons (Fsp3) is 0.632. The minimum absolute atomic E-state index is 0.195. The molecule has 1 aromatic carbocycles. The molecule has 0 radical (unpaired) electrons. The van der Waals surface area contributed by atoms with Gasteiger partial charge in [-0.15, -0.1) is 13.2 Å². The normalized spacial score (nSPS) is 17.0. The second-order valence-electron chi connectivity index (χ2n) is 6.75. The summed E-state index contributed by atoms with van der Waals surface area (Å²) in [5.74, 6) is 0.960. The molecule has 0 spiro atoms. The molecule has 8 heteroatoms. The van der Waals surface area contributed by atoms with Gasteiger partial charge in [-0.1, -0.05) is 25.1 Å². The SMILES string of the molecule is CCCN1CCC(CNC(=NC)NCc2ccccc2OC(F)(F)F)CC1. The first-order chi connectivity index (χ1) is 12.9. The Kier molecular flexibility index (Phi) is 8.22. The molecule has 1 saturated heterocycles. The smallest absolute Gasteiger partial charge is 0.405 e. The van der Waals surface area contributed by atoms with E-state index in [4.69, 9.17) is 0 Å². The van der Waals surface area contributed by atoms with Crippen molar-refractivity contribution in [2.45, 2.75) is 39.1 Å². The number of rotatable bonds is 7. The molecule has 1 aromatic rings. The van der Waals surface area contributed by atoms with Gasteiger partial charge in [-0.3, -0.25) is 4.99 Å². The van der Waals surface area contributed by atoms with Crippen molar-refractivity contribution >= 4 is 5.96 Å². The fourth-order valence-electron chi connectivity index (χ4n) is 3.25. The standard InChI is InChI=1S/C19H29F3N4O/c1-3-10-26-11-8-15(9-12-26)13-24-18(23-2)25-14-16-6-4-5-7-17(16)27-19(20,21)22/h4-7,15H,3,8-14H2,1-2H3,(H2,23,24,25). The molecule has 5 nitrogen and oxygen atoms in total. The van der Waals surface area contributed by atoms with Crippen LogP contribution in [0, 0.1) is 5.92 Å². The Bertz CT molecular complexity index is 599. The summed E-state index contributed by atoms with van der Waals surface area (Å²) in [5, 5.41) is 6.34. The molecule has 0 saturated carbocycles. The number of nitrogens with zero attached hydrogens (tertiary/aromatic N) is 2. The molecule has 0 unspecified atom stereocenters. The highest BCUT2D eigenvalue weighted by Crippen LogP contribution is 2.26. The van der Waals surface area contributed by atoms with Gasteiger partial charge in [-0.05, 0) is 50.9 Å². The van der Waals surface area contributed by atoms with Crippen molar-refractivity contribution in [3.8, 4) is 5.75 Å². The minimum Gasteiger partial charge on any atom is -0.405 e. The second kappa shape index (κ2) is 10.4. The van der Waals surface area contributed by atoms with Crippen LogP contribution < -0.4 is 15.4 Å². The highest BCUT2D eigenvalue weighted by molar-refractivity contribution is 5.79. The number of hydrogen-bond donors (Lipinski definition) is 2. The van der Waals surface area contributed by atoms with Gasteiger partial charge in [0.1, 0.15) is 5.75 Å². The van der Waals surface area contributed by atoms with E-state index in [1.54, 1.807) is 19.2 Å². The maximum atomic E-state index is 12.5. The molecule has 0 aliphatic carbocycles. The van der Waals surface area contributed by atoms with Crippen molar-refractivity contribution in [3.63, 3.8) is 0 Å². The van der Waals surface area contributed by atoms with Crippen LogP contribution in [0.3, 0.4) is 0 Å². The molecule has 0 aromatic heterocycles. The molecule has 0 bridgehead atoms. The first kappa shape index (κ1) is 21.3. The first-order valence-corrected chi connectivity index (χ1v) is 9.41. The lowest BCUT2D eigenvalue weighted by molar-refractivity contribution is -0.274. The van der Waals surface area contributed by atoms with Crippen molar-refractivity contribution in [2.24, 2.45) is 10.9 Å². The van der Waals surface area contributed by atoms with Crippen LogP contribution >= 0.6 is 0 Å². The van der Waals surface area contributed by atoms with Crippen LogP contribution in [-0.2, 0) is 6.54 Å². The van der Waals surface area contributed by atoms with E-state index in [0.29, 0.717) is 17.4 Å². The number of aliphatic imine (C=N–C) groups is 1. The summed E-state index contributed by atoms with van der Waals surface area (Å²) in [6.45, 7) is 6.59. The van der Waals surface area contributed by atoms with E-state index >= 15 is 0 Å². The largest absolute Gasteiger partial charge is 0.573 e. The Balaban J connectivity index is 1.80. The minimum atomic E-state index is -4.71. The lowest BCUT2D eigenvalue weighted by atomic mass is 9.97. The Morgan fingerprint density at radius 3 is 2.56 bits per heavy atom. The van der Waals surface area contributed by atoms with Gasteiger partial charge in [-0.2, -0.15) is 0 Å². The first-order valence-electron chi connectivity index (χ1n) is 9.41. The number of para-hydroxylation sites is 1. The summed E-state index contributed by atoms with van der Waals surface area (Å²) >= 11 is 0. The number of benzene rings is 1. The number of likely N-dealkylation sites (tertiary alicyclic amines) is 1. The van der Waals surface area contributed by atoms with Gasteiger partial charge in [0.25, 0.3) is 0 Å². The molecule has 2 N–H and O–H groups in total. The maximum absolute atomic E-state index is 12.5. The van der Waals surface area contributed by atoms with E-state index in [-0.39, 0.29) is 12.3 Å². The van der Waals surface area contributed by atoms with Crippen molar-refractivity contribution in [1.82, 2.24) is 15.5 Å². The van der Waals surface area contributed by atoms with Crippen molar-refractivity contribution < 1.29 is 17.9 Å². The third-order valence-corrected chi connectivity index (χ3v) is 4.67. The lowest BCUT2D eigenvalue weighted by Gasteiger charge is -2.32. The zero-order valence-electron chi connectivity index (χ0n) is 16.0. The van der Waals surface area contributed by atoms with Crippen LogP contribution in [-0.4, -0.2) is 50.4 Å². The predicted molar refractivity (Wildman–Crippen MR) is 101 cm³/mol. The molecule has 2 rings (SSSR count). The Labute approximate surface area is 159 Å². The summed E-state index contributed by atoms with van der Waals surface area (Å²) in [4.78, 5) is 6.64. The highest BCUT2D eigenvalue weighted by atomic mass is 19.4. The van der Waals surface area contributed by atoms with Crippen LogP contribution in [0.25, 0.3) is 0 Å². The molecule has 1 aliphatic rings. The van der Waals surface area contributed by atoms with Crippen LogP contribution in [0.15, 0.2) is 29.3 Å². The van der Waals surface area contributed by atoms with Crippen LogP contribution in [0.1, 0.15) is 31.7 Å². The van der Waals surface area contributed by atoms with Gasteiger partial charge in [0.05, 0.1) is 0 Å². The summed E-state index contributed by atoms with van der Waals surface area (Å²) in [5.41, 5.74) is 0.422. The molecule has 0 amide bonds. The van der Waals surface area contributed by atoms with E-state index in [2.05, 4.69) is 32.2 Å². The molecule has 27 heavy (non-hydrogen) atoms. The van der Waals surface area contributed by atoms with E-state index in [0.717, 1.165) is 39.0 Å². The molecule has 0 atom stereocenters. The number of guanidine groups is 1. The van der Waals surface area contributed by atoms with Gasteiger partial charge >= 0.3 is 6.36 Å². The Morgan fingerprint density at radius 1 is 1.22 bits per heavy atom. The number of alkyl halides is 3. The zero-order valence-corrected chi connectivity index (χ0v) is 16.0.